The fourth-order valence-electron chi connectivity index (χ4n) is 3.93. The second kappa shape index (κ2) is 5.08. The summed E-state index contributed by atoms with van der Waals surface area (Å²) in [4.78, 5) is 17.0. The second-order valence-corrected chi connectivity index (χ2v) is 7.64. The molecule has 0 N–H and O–H groups in total. The van der Waals surface area contributed by atoms with Crippen LogP contribution in [0.25, 0.3) is 0 Å². The molecule has 0 atom stereocenters. The van der Waals surface area contributed by atoms with Crippen molar-refractivity contribution >= 4 is 5.91 Å². The lowest BCUT2D eigenvalue weighted by Crippen LogP contribution is -2.63. The summed E-state index contributed by atoms with van der Waals surface area (Å²) in [6.45, 7) is 10.2. The van der Waals surface area contributed by atoms with E-state index in [9.17, 15) is 4.79 Å². The van der Waals surface area contributed by atoms with Gasteiger partial charge >= 0.3 is 0 Å². The van der Waals surface area contributed by atoms with Crippen molar-refractivity contribution in [3.63, 3.8) is 0 Å². The van der Waals surface area contributed by atoms with E-state index in [1.165, 1.54) is 12.8 Å². The summed E-state index contributed by atoms with van der Waals surface area (Å²) in [7, 11) is 2.22. The van der Waals surface area contributed by atoms with Gasteiger partial charge in [-0.2, -0.15) is 0 Å². The Morgan fingerprint density at radius 3 is 2.16 bits per heavy atom. The Hall–Kier alpha value is -0.570. The predicted molar refractivity (Wildman–Crippen MR) is 79.1 cm³/mol. The highest BCUT2D eigenvalue weighted by Gasteiger charge is 2.45. The number of likely N-dealkylation sites (tertiary alicyclic amines) is 2. The van der Waals surface area contributed by atoms with Crippen molar-refractivity contribution < 1.29 is 4.79 Å². The van der Waals surface area contributed by atoms with Crippen molar-refractivity contribution in [2.75, 3.05) is 13.6 Å². The molecular weight excluding hydrogens is 236 g/mol. The zero-order valence-electron chi connectivity index (χ0n) is 13.3. The van der Waals surface area contributed by atoms with Gasteiger partial charge in [-0.05, 0) is 60.4 Å². The minimum absolute atomic E-state index is 0.166. The maximum Gasteiger partial charge on any atom is 0.222 e. The third-order valence-corrected chi connectivity index (χ3v) is 5.34. The van der Waals surface area contributed by atoms with Crippen molar-refractivity contribution in [1.29, 1.82) is 0 Å². The summed E-state index contributed by atoms with van der Waals surface area (Å²) in [5.41, 5.74) is 0.331. The number of hydrogen-bond donors (Lipinski definition) is 0. The molecule has 2 aliphatic heterocycles. The summed E-state index contributed by atoms with van der Waals surface area (Å²) in [5, 5.41) is 0. The monoisotopic (exact) mass is 266 g/mol. The molecule has 2 fully saturated rings. The lowest BCUT2D eigenvalue weighted by Gasteiger charge is -2.55. The van der Waals surface area contributed by atoms with Crippen molar-refractivity contribution in [3.05, 3.63) is 0 Å². The molecule has 2 aliphatic rings. The van der Waals surface area contributed by atoms with Gasteiger partial charge in [0.25, 0.3) is 0 Å². The Morgan fingerprint density at radius 1 is 1.00 bits per heavy atom. The number of rotatable bonds is 1. The smallest absolute Gasteiger partial charge is 0.222 e. The SMILES string of the molecule is CN1C(C)(C)CC(N2CCCCCC2=O)CC1(C)C. The lowest BCUT2D eigenvalue weighted by molar-refractivity contribution is -0.137. The molecule has 0 unspecified atom stereocenters. The summed E-state index contributed by atoms with van der Waals surface area (Å²) < 4.78 is 0. The second-order valence-electron chi connectivity index (χ2n) is 7.64. The largest absolute Gasteiger partial charge is 0.340 e. The van der Waals surface area contributed by atoms with Crippen LogP contribution < -0.4 is 0 Å². The van der Waals surface area contributed by atoms with E-state index < -0.39 is 0 Å². The fraction of sp³-hybridized carbons (Fsp3) is 0.938. The van der Waals surface area contributed by atoms with Crippen LogP contribution in [-0.2, 0) is 4.79 Å². The van der Waals surface area contributed by atoms with Gasteiger partial charge in [-0.3, -0.25) is 9.69 Å². The standard InChI is InChI=1S/C16H30N2O/c1-15(2)11-13(12-16(3,4)17(15)5)18-10-8-6-7-9-14(18)19/h13H,6-12H2,1-5H3. The number of carbonyl (C=O) groups is 1. The number of hydrogen-bond acceptors (Lipinski definition) is 2. The first-order valence-electron chi connectivity index (χ1n) is 7.77. The Balaban J connectivity index is 2.18. The fourth-order valence-corrected chi connectivity index (χ4v) is 3.93. The van der Waals surface area contributed by atoms with Crippen molar-refractivity contribution in [1.82, 2.24) is 9.80 Å². The van der Waals surface area contributed by atoms with Gasteiger partial charge in [0.15, 0.2) is 0 Å². The summed E-state index contributed by atoms with van der Waals surface area (Å²) in [6, 6.07) is 0.423. The molecular formula is C16H30N2O. The van der Waals surface area contributed by atoms with Crippen LogP contribution in [0.1, 0.15) is 66.2 Å². The Bertz CT molecular complexity index is 331. The molecule has 3 nitrogen and oxygen atoms in total. The van der Waals surface area contributed by atoms with Gasteiger partial charge in [-0.25, -0.2) is 0 Å². The Kier molecular flexibility index (Phi) is 3.97. The van der Waals surface area contributed by atoms with Gasteiger partial charge in [-0.15, -0.1) is 0 Å². The zero-order chi connectivity index (χ0) is 14.3. The number of carbonyl (C=O) groups excluding carboxylic acids is 1. The molecule has 2 heterocycles. The van der Waals surface area contributed by atoms with Crippen LogP contribution >= 0.6 is 0 Å². The van der Waals surface area contributed by atoms with E-state index in [2.05, 4.69) is 44.5 Å². The summed E-state index contributed by atoms with van der Waals surface area (Å²) in [5.74, 6) is 0.388. The Labute approximate surface area is 118 Å². The third-order valence-electron chi connectivity index (χ3n) is 5.34. The molecule has 0 radical (unpaired) electrons. The third kappa shape index (κ3) is 2.96. The van der Waals surface area contributed by atoms with E-state index in [1.807, 2.05) is 0 Å². The van der Waals surface area contributed by atoms with Crippen molar-refractivity contribution in [2.45, 2.75) is 83.3 Å². The molecule has 0 aromatic carbocycles. The normalized spacial score (nSPS) is 29.3. The number of nitrogens with zero attached hydrogens (tertiary/aromatic N) is 2. The first-order valence-corrected chi connectivity index (χ1v) is 7.77. The predicted octanol–water partition coefficient (Wildman–Crippen LogP) is 3.04. The lowest BCUT2D eigenvalue weighted by atomic mass is 9.77. The van der Waals surface area contributed by atoms with E-state index in [4.69, 9.17) is 0 Å². The quantitative estimate of drug-likeness (QED) is 0.728. The van der Waals surface area contributed by atoms with Crippen LogP contribution in [0.3, 0.4) is 0 Å². The van der Waals surface area contributed by atoms with E-state index in [1.54, 1.807) is 0 Å². The van der Waals surface area contributed by atoms with Crippen LogP contribution in [0, 0.1) is 0 Å². The van der Waals surface area contributed by atoms with Gasteiger partial charge in [0.1, 0.15) is 0 Å². The molecule has 2 rings (SSSR count). The molecule has 0 spiro atoms. The van der Waals surface area contributed by atoms with Gasteiger partial charge in [-0.1, -0.05) is 6.42 Å². The summed E-state index contributed by atoms with van der Waals surface area (Å²) in [6.07, 6.45) is 6.42. The minimum Gasteiger partial charge on any atom is -0.340 e. The molecule has 0 aliphatic carbocycles. The van der Waals surface area contributed by atoms with Gasteiger partial charge < -0.3 is 4.90 Å². The highest BCUT2D eigenvalue weighted by Crippen LogP contribution is 2.39. The first kappa shape index (κ1) is 14.8. The molecule has 0 aromatic rings. The molecule has 1 amide bonds. The molecule has 19 heavy (non-hydrogen) atoms. The molecule has 2 saturated heterocycles. The maximum atomic E-state index is 12.3. The van der Waals surface area contributed by atoms with Crippen molar-refractivity contribution in [3.8, 4) is 0 Å². The van der Waals surface area contributed by atoms with Crippen LogP contribution in [-0.4, -0.2) is 46.4 Å². The molecule has 0 saturated carbocycles. The van der Waals surface area contributed by atoms with Crippen LogP contribution in [0.4, 0.5) is 0 Å². The van der Waals surface area contributed by atoms with Crippen LogP contribution in [0.2, 0.25) is 0 Å². The highest BCUT2D eigenvalue weighted by atomic mass is 16.2. The first-order chi connectivity index (χ1) is 8.74. The minimum atomic E-state index is 0.166. The van der Waals surface area contributed by atoms with Crippen molar-refractivity contribution in [2.24, 2.45) is 0 Å². The maximum absolute atomic E-state index is 12.3. The van der Waals surface area contributed by atoms with Gasteiger partial charge in [0.05, 0.1) is 0 Å². The van der Waals surface area contributed by atoms with Crippen LogP contribution in [0.5, 0.6) is 0 Å². The van der Waals surface area contributed by atoms with E-state index in [-0.39, 0.29) is 11.1 Å². The molecule has 110 valence electrons. The average Bonchev–Trinajstić information content (AvgIpc) is 2.50. The van der Waals surface area contributed by atoms with Crippen LogP contribution in [0.15, 0.2) is 0 Å². The molecule has 0 bridgehead atoms. The molecule has 0 aromatic heterocycles. The van der Waals surface area contributed by atoms with Gasteiger partial charge in [0.2, 0.25) is 5.91 Å². The highest BCUT2D eigenvalue weighted by molar-refractivity contribution is 5.76. The van der Waals surface area contributed by atoms with E-state index in [0.29, 0.717) is 11.9 Å². The zero-order valence-corrected chi connectivity index (χ0v) is 13.3. The van der Waals surface area contributed by atoms with E-state index in [0.717, 1.165) is 32.2 Å². The molecule has 3 heteroatoms. The number of amides is 1. The Morgan fingerprint density at radius 2 is 1.58 bits per heavy atom. The topological polar surface area (TPSA) is 23.6 Å². The van der Waals surface area contributed by atoms with Gasteiger partial charge in [0, 0.05) is 30.1 Å². The van der Waals surface area contributed by atoms with E-state index >= 15 is 0 Å². The average molecular weight is 266 g/mol. The summed E-state index contributed by atoms with van der Waals surface area (Å²) >= 11 is 0. The number of piperidine rings is 1.